The Hall–Kier alpha value is -4.60. The van der Waals surface area contributed by atoms with Crippen LogP contribution in [-0.2, 0) is 25.3 Å². The Morgan fingerprint density at radius 3 is 1.80 bits per heavy atom. The number of guanidine groups is 2. The lowest BCUT2D eigenvalue weighted by Gasteiger charge is -2.27. The quantitative estimate of drug-likeness (QED) is 0.0476. The SMILES string of the molecule is Br.Br.CC(C)C[C@H](NC(=O)OC(C)(C)C)C(=O)N[C@@H](CCCNC(=N)N)C(=O)N[C@@H](CCCNC(=N)N)C(=O)Nc1ccc2c(C(F)(F)F)cc(=O)oc2c1. The molecular formula is C33H51Br2F3N10O7. The molecule has 17 nitrogen and oxygen atoms in total. The Bertz CT molecular complexity index is 1700. The molecule has 55 heavy (non-hydrogen) atoms. The predicted octanol–water partition coefficient (Wildman–Crippen LogP) is 3.34. The van der Waals surface area contributed by atoms with E-state index in [0.29, 0.717) is 6.07 Å². The Labute approximate surface area is 336 Å². The first-order valence-corrected chi connectivity index (χ1v) is 16.8. The molecule has 0 aliphatic rings. The number of amides is 4. The fourth-order valence-electron chi connectivity index (χ4n) is 5.00. The molecule has 12 N–H and O–H groups in total. The predicted molar refractivity (Wildman–Crippen MR) is 212 cm³/mol. The van der Waals surface area contributed by atoms with Crippen molar-refractivity contribution in [2.45, 2.75) is 96.6 Å². The lowest BCUT2D eigenvalue weighted by molar-refractivity contribution is -0.136. The Balaban J connectivity index is 0.0000146. The number of nitrogens with two attached hydrogens (primary N) is 2. The van der Waals surface area contributed by atoms with Crippen molar-refractivity contribution in [2.24, 2.45) is 17.4 Å². The molecule has 0 aliphatic carbocycles. The van der Waals surface area contributed by atoms with E-state index in [1.165, 1.54) is 6.07 Å². The minimum atomic E-state index is -4.85. The summed E-state index contributed by atoms with van der Waals surface area (Å²) in [6, 6.07) is -0.0837. The molecule has 2 aromatic rings. The largest absolute Gasteiger partial charge is 0.444 e. The van der Waals surface area contributed by atoms with Gasteiger partial charge in [-0.25, -0.2) is 9.59 Å². The molecule has 1 aromatic heterocycles. The average Bonchev–Trinajstić information content (AvgIpc) is 3.00. The normalized spacial score (nSPS) is 12.8. The second-order valence-corrected chi connectivity index (χ2v) is 13.6. The van der Waals surface area contributed by atoms with Crippen LogP contribution in [0.5, 0.6) is 0 Å². The van der Waals surface area contributed by atoms with Crippen LogP contribution in [0.25, 0.3) is 11.0 Å². The van der Waals surface area contributed by atoms with E-state index in [1.54, 1.807) is 20.8 Å². The maximum Gasteiger partial charge on any atom is 0.417 e. The summed E-state index contributed by atoms with van der Waals surface area (Å²) in [7, 11) is 0. The van der Waals surface area contributed by atoms with Crippen molar-refractivity contribution in [3.8, 4) is 0 Å². The third kappa shape index (κ3) is 18.5. The van der Waals surface area contributed by atoms with Gasteiger partial charge in [0, 0.05) is 36.3 Å². The fraction of sp³-hybridized carbons (Fsp3) is 0.545. The topological polar surface area (TPSA) is 280 Å². The number of rotatable bonds is 17. The van der Waals surface area contributed by atoms with Crippen LogP contribution in [0, 0.1) is 16.7 Å². The van der Waals surface area contributed by atoms with Crippen LogP contribution in [0.4, 0.5) is 23.7 Å². The molecule has 310 valence electrons. The van der Waals surface area contributed by atoms with Gasteiger partial charge >= 0.3 is 17.9 Å². The van der Waals surface area contributed by atoms with Gasteiger partial charge < -0.3 is 52.5 Å². The third-order valence-electron chi connectivity index (χ3n) is 7.27. The van der Waals surface area contributed by atoms with Gasteiger partial charge in [-0.1, -0.05) is 13.8 Å². The van der Waals surface area contributed by atoms with E-state index in [2.05, 4.69) is 31.9 Å². The van der Waals surface area contributed by atoms with Gasteiger partial charge in [0.05, 0.1) is 5.56 Å². The summed E-state index contributed by atoms with van der Waals surface area (Å²) < 4.78 is 50.9. The second kappa shape index (κ2) is 22.7. The van der Waals surface area contributed by atoms with E-state index in [-0.39, 0.29) is 103 Å². The van der Waals surface area contributed by atoms with Gasteiger partial charge in [0.2, 0.25) is 17.7 Å². The Morgan fingerprint density at radius 2 is 1.33 bits per heavy atom. The average molecular weight is 917 g/mol. The summed E-state index contributed by atoms with van der Waals surface area (Å²) in [6.07, 6.45) is -5.09. The molecule has 22 heteroatoms. The van der Waals surface area contributed by atoms with Crippen molar-refractivity contribution in [1.29, 1.82) is 10.8 Å². The van der Waals surface area contributed by atoms with Crippen LogP contribution in [0.15, 0.2) is 33.5 Å². The molecule has 1 aromatic carbocycles. The summed E-state index contributed by atoms with van der Waals surface area (Å²) in [5.41, 5.74) is 6.90. The van der Waals surface area contributed by atoms with Crippen LogP contribution in [0.1, 0.15) is 72.3 Å². The standard InChI is InChI=1S/C33H49F3N10O7.2BrH/c1-17(2)14-23(46-31(51)53-32(3,4)5)28(50)45-22(9-7-13-42-30(39)40)27(49)44-21(8-6-12-41-29(37)38)26(48)43-18-10-11-19-20(33(34,35)36)16-25(47)52-24(19)15-18;;/h10-11,15-17,21-23H,6-9,12-14H2,1-5H3,(H,43,48)(H,44,49)(H,45,50)(H,46,51)(H4,37,38,41)(H4,39,40,42);2*1H/t21-,22-,23-;;/m0../s1. The zero-order chi connectivity index (χ0) is 40.1. The molecule has 0 fully saturated rings. The van der Waals surface area contributed by atoms with Crippen LogP contribution in [0.2, 0.25) is 0 Å². The highest BCUT2D eigenvalue weighted by Crippen LogP contribution is 2.34. The number of carbonyl (C=O) groups excluding carboxylic acids is 4. The Kier molecular flexibility index (Phi) is 20.8. The highest BCUT2D eigenvalue weighted by Gasteiger charge is 2.34. The molecule has 0 unspecified atom stereocenters. The second-order valence-electron chi connectivity index (χ2n) is 13.6. The Morgan fingerprint density at radius 1 is 0.818 bits per heavy atom. The number of ether oxygens (including phenoxy) is 1. The molecule has 0 spiro atoms. The number of benzene rings is 1. The smallest absolute Gasteiger partial charge is 0.417 e. The van der Waals surface area contributed by atoms with E-state index in [4.69, 9.17) is 31.4 Å². The van der Waals surface area contributed by atoms with Crippen LogP contribution in [-0.4, -0.2) is 72.5 Å². The first-order chi connectivity index (χ1) is 24.5. The van der Waals surface area contributed by atoms with Crippen molar-refractivity contribution in [2.75, 3.05) is 18.4 Å². The van der Waals surface area contributed by atoms with Gasteiger partial charge in [0.25, 0.3) is 0 Å². The lowest BCUT2D eigenvalue weighted by Crippen LogP contribution is -2.56. The van der Waals surface area contributed by atoms with Crippen molar-refractivity contribution in [1.82, 2.24) is 26.6 Å². The lowest BCUT2D eigenvalue weighted by atomic mass is 10.0. The van der Waals surface area contributed by atoms with Gasteiger partial charge in [-0.15, -0.1) is 34.0 Å². The van der Waals surface area contributed by atoms with E-state index < -0.39 is 75.9 Å². The maximum absolute atomic E-state index is 13.8. The van der Waals surface area contributed by atoms with Crippen LogP contribution in [0.3, 0.4) is 0 Å². The number of carbonyl (C=O) groups is 4. The van der Waals surface area contributed by atoms with Crippen molar-refractivity contribution >= 4 is 86.4 Å². The van der Waals surface area contributed by atoms with Crippen molar-refractivity contribution < 1.29 is 41.5 Å². The number of hydrogen-bond donors (Lipinski definition) is 10. The maximum atomic E-state index is 13.8. The zero-order valence-corrected chi connectivity index (χ0v) is 34.5. The molecule has 3 atom stereocenters. The zero-order valence-electron chi connectivity index (χ0n) is 31.0. The summed E-state index contributed by atoms with van der Waals surface area (Å²) in [5.74, 6) is -3.00. The number of alkyl halides is 3. The molecule has 4 amide bonds. The summed E-state index contributed by atoms with van der Waals surface area (Å²) in [5, 5.41) is 29.8. The van der Waals surface area contributed by atoms with Gasteiger partial charge in [-0.2, -0.15) is 13.2 Å². The fourth-order valence-corrected chi connectivity index (χ4v) is 5.00. The minimum absolute atomic E-state index is 0. The van der Waals surface area contributed by atoms with Gasteiger partial charge in [-0.3, -0.25) is 25.2 Å². The molecule has 0 aliphatic heterocycles. The first-order valence-electron chi connectivity index (χ1n) is 16.8. The number of nitrogens with one attached hydrogen (secondary N) is 8. The number of fused-ring (bicyclic) bond motifs is 1. The van der Waals surface area contributed by atoms with E-state index in [1.807, 2.05) is 13.8 Å². The number of anilines is 1. The van der Waals surface area contributed by atoms with Crippen LogP contribution >= 0.6 is 34.0 Å². The van der Waals surface area contributed by atoms with Crippen molar-refractivity contribution in [3.63, 3.8) is 0 Å². The van der Waals surface area contributed by atoms with Crippen molar-refractivity contribution in [3.05, 3.63) is 40.2 Å². The van der Waals surface area contributed by atoms with Gasteiger partial charge in [-0.05, 0) is 70.9 Å². The first kappa shape index (κ1) is 50.4. The number of alkyl carbamates (subject to hydrolysis) is 1. The number of hydrogen-bond acceptors (Lipinski definition) is 9. The molecule has 0 radical (unpaired) electrons. The molecule has 1 heterocycles. The minimum Gasteiger partial charge on any atom is -0.444 e. The monoisotopic (exact) mass is 914 g/mol. The molecule has 0 saturated heterocycles. The van der Waals surface area contributed by atoms with E-state index in [0.717, 1.165) is 12.1 Å². The highest BCUT2D eigenvalue weighted by molar-refractivity contribution is 8.93. The molecular weight excluding hydrogens is 865 g/mol. The van der Waals surface area contributed by atoms with E-state index >= 15 is 0 Å². The summed E-state index contributed by atoms with van der Waals surface area (Å²) in [6.45, 7) is 8.93. The summed E-state index contributed by atoms with van der Waals surface area (Å²) in [4.78, 5) is 65.3. The molecule has 0 saturated carbocycles. The highest BCUT2D eigenvalue weighted by atomic mass is 79.9. The molecule has 0 bridgehead atoms. The summed E-state index contributed by atoms with van der Waals surface area (Å²) >= 11 is 0. The third-order valence-corrected chi connectivity index (χ3v) is 7.27. The van der Waals surface area contributed by atoms with Gasteiger partial charge in [0.15, 0.2) is 11.9 Å². The van der Waals surface area contributed by atoms with E-state index in [9.17, 15) is 37.1 Å². The van der Waals surface area contributed by atoms with Crippen LogP contribution < -0.4 is 49.0 Å². The molecule has 2 rings (SSSR count). The van der Waals surface area contributed by atoms with Gasteiger partial charge in [0.1, 0.15) is 29.3 Å². The number of halogens is 5.